The van der Waals surface area contributed by atoms with Crippen molar-refractivity contribution in [2.75, 3.05) is 16.8 Å². The normalized spacial score (nSPS) is 18.8. The van der Waals surface area contributed by atoms with E-state index in [9.17, 15) is 24.3 Å². The number of anilines is 1. The Kier molecular flexibility index (Phi) is 6.89. The first-order valence-corrected chi connectivity index (χ1v) is 13.3. The fraction of sp³-hybridized carbons (Fsp3) is 0.250. The summed E-state index contributed by atoms with van der Waals surface area (Å²) in [6, 6.07) is 13.3. The zero-order chi connectivity index (χ0) is 26.1. The van der Waals surface area contributed by atoms with Crippen LogP contribution in [0.15, 0.2) is 80.9 Å². The topological polar surface area (TPSA) is 141 Å². The van der Waals surface area contributed by atoms with E-state index in [2.05, 4.69) is 27.5 Å². The summed E-state index contributed by atoms with van der Waals surface area (Å²) in [5.74, 6) is -0.884. The van der Waals surface area contributed by atoms with Crippen LogP contribution in [0, 0.1) is 0 Å². The summed E-state index contributed by atoms with van der Waals surface area (Å²) in [7, 11) is 1.54. The highest BCUT2D eigenvalue weighted by Gasteiger charge is 2.53. The molecule has 0 bridgehead atoms. The zero-order valence-electron chi connectivity index (χ0n) is 19.7. The molecule has 0 spiro atoms. The number of aromatic amines is 1. The molecule has 0 aliphatic carbocycles. The van der Waals surface area contributed by atoms with Gasteiger partial charge in [-0.05, 0) is 5.57 Å². The van der Waals surface area contributed by atoms with Crippen molar-refractivity contribution in [2.45, 2.75) is 23.1 Å². The smallest absolute Gasteiger partial charge is 0.352 e. The number of thioether (sulfide) groups is 2. The number of carboxylic acids is 1. The number of carbonyl (C=O) groups is 2. The summed E-state index contributed by atoms with van der Waals surface area (Å²) < 4.78 is 3.35. The predicted molar refractivity (Wildman–Crippen MR) is 138 cm³/mol. The van der Waals surface area contributed by atoms with Crippen molar-refractivity contribution in [3.8, 4) is 0 Å². The third kappa shape index (κ3) is 5.04. The van der Waals surface area contributed by atoms with Gasteiger partial charge < -0.3 is 10.4 Å². The van der Waals surface area contributed by atoms with Gasteiger partial charge in [-0.15, -0.1) is 11.8 Å². The number of fused-ring (bicyclic) bond motifs is 1. The predicted octanol–water partition coefficient (Wildman–Crippen LogP) is 0.631. The Morgan fingerprint density at radius 3 is 2.65 bits per heavy atom. The lowest BCUT2D eigenvalue weighted by Gasteiger charge is -2.49. The molecule has 2 aliphatic rings. The average molecular weight is 540 g/mol. The van der Waals surface area contributed by atoms with Gasteiger partial charge in [0.15, 0.2) is 24.1 Å². The van der Waals surface area contributed by atoms with E-state index in [4.69, 9.17) is 0 Å². The number of hydrogen-bond acceptors (Lipinski definition) is 8. The van der Waals surface area contributed by atoms with Crippen molar-refractivity contribution in [3.63, 3.8) is 0 Å². The molecule has 0 radical (unpaired) electrons. The third-order valence-electron chi connectivity index (χ3n) is 5.99. The number of nitrogens with one attached hydrogen (secondary N) is 2. The number of aryl methyl sites for hydroxylation is 1. The van der Waals surface area contributed by atoms with E-state index >= 15 is 0 Å². The third-order valence-corrected chi connectivity index (χ3v) is 8.45. The largest absolute Gasteiger partial charge is 0.477 e. The monoisotopic (exact) mass is 539 g/mol. The van der Waals surface area contributed by atoms with Crippen LogP contribution < -0.4 is 21.0 Å². The first-order valence-electron chi connectivity index (χ1n) is 11.3. The van der Waals surface area contributed by atoms with Crippen LogP contribution in [0.25, 0.3) is 0 Å². The molecule has 0 saturated carbocycles. The average Bonchev–Trinajstić information content (AvgIpc) is 2.89. The number of hydrogen-bond donors (Lipinski definition) is 3. The number of amides is 1. The number of pyridine rings is 1. The number of rotatable bonds is 8. The molecule has 1 aromatic carbocycles. The molecule has 37 heavy (non-hydrogen) atoms. The molecule has 1 fully saturated rings. The van der Waals surface area contributed by atoms with Gasteiger partial charge in [0.2, 0.25) is 0 Å². The van der Waals surface area contributed by atoms with Crippen LogP contribution in [0.1, 0.15) is 5.56 Å². The fourth-order valence-corrected chi connectivity index (χ4v) is 6.57. The number of H-pyrrole nitrogens is 1. The minimum Gasteiger partial charge on any atom is -0.477 e. The number of nitrogens with zero attached hydrogens (tertiary/aromatic N) is 4. The molecule has 1 saturated heterocycles. The maximum atomic E-state index is 13.0. The van der Waals surface area contributed by atoms with Gasteiger partial charge in [-0.3, -0.25) is 29.1 Å². The Hall–Kier alpha value is -3.84. The van der Waals surface area contributed by atoms with Gasteiger partial charge in [0, 0.05) is 41.9 Å². The van der Waals surface area contributed by atoms with Crippen LogP contribution >= 0.6 is 23.5 Å². The summed E-state index contributed by atoms with van der Waals surface area (Å²) >= 11 is 2.60. The molecule has 2 aromatic heterocycles. The molecule has 11 nitrogen and oxygen atoms in total. The van der Waals surface area contributed by atoms with E-state index in [1.807, 2.05) is 47.3 Å². The van der Waals surface area contributed by atoms with Gasteiger partial charge in [0.05, 0.1) is 0 Å². The van der Waals surface area contributed by atoms with E-state index < -0.39 is 23.1 Å². The van der Waals surface area contributed by atoms with Crippen LogP contribution in [0.2, 0.25) is 0 Å². The minimum atomic E-state index is -1.18. The van der Waals surface area contributed by atoms with Crippen LogP contribution in [0.4, 0.5) is 5.69 Å². The highest BCUT2D eigenvalue weighted by molar-refractivity contribution is 8.01. The van der Waals surface area contributed by atoms with E-state index in [1.54, 1.807) is 0 Å². The highest BCUT2D eigenvalue weighted by Crippen LogP contribution is 2.42. The second-order valence-electron chi connectivity index (χ2n) is 8.52. The molecule has 2 aliphatic heterocycles. The van der Waals surface area contributed by atoms with E-state index in [1.165, 1.54) is 34.0 Å². The van der Waals surface area contributed by atoms with Gasteiger partial charge in [-0.1, -0.05) is 42.1 Å². The Labute approximate surface area is 219 Å². The Morgan fingerprint density at radius 1 is 1.22 bits per heavy atom. The molecule has 3 aromatic rings. The second-order valence-corrected chi connectivity index (χ2v) is 10.6. The summed E-state index contributed by atoms with van der Waals surface area (Å²) in [6.45, 7) is 0.728. The number of aromatic nitrogens is 4. The van der Waals surface area contributed by atoms with Crippen molar-refractivity contribution in [1.29, 1.82) is 0 Å². The molecule has 1 amide bonds. The van der Waals surface area contributed by atoms with E-state index in [0.717, 1.165) is 24.0 Å². The molecule has 0 unspecified atom stereocenters. The molecule has 2 atom stereocenters. The molecule has 5 rings (SSSR count). The zero-order valence-corrected chi connectivity index (χ0v) is 21.3. The first-order chi connectivity index (χ1) is 17.8. The number of carbonyl (C=O) groups excluding carboxylic acids is 1. The number of benzene rings is 1. The summed E-state index contributed by atoms with van der Waals surface area (Å²) in [6.07, 6.45) is 3.86. The van der Waals surface area contributed by atoms with Crippen LogP contribution in [-0.2, 0) is 23.2 Å². The SMILES string of the molecule is Cn1[nH]c(=O)c(=O)nc1SCC1=C(C(=O)O)N2C(=O)[C@@H](Nc3cc[n+](Cc4ccccc4)cc3)[C@H]2SC1. The highest BCUT2D eigenvalue weighted by atomic mass is 32.2. The lowest BCUT2D eigenvalue weighted by atomic mass is 10.0. The second kappa shape index (κ2) is 10.3. The molecule has 3 N–H and O–H groups in total. The van der Waals surface area contributed by atoms with Crippen LogP contribution in [0.5, 0.6) is 0 Å². The number of carboxylic acid groups (broad SMARTS) is 1. The molecule has 190 valence electrons. The fourth-order valence-electron chi connectivity index (χ4n) is 4.17. The standard InChI is InChI=1S/C24H22N6O5S2/c1-28-24(26-19(31)20(32)27-28)37-13-15-12-36-22-17(21(33)30(22)18(15)23(34)35)25-16-7-9-29(10-8-16)11-14-5-3-2-4-6-14/h2-10,17,22H,11-13H2,1H3,(H2,27,32,34,35)/p+1/t17-,22-/m1/s1. The molecular weight excluding hydrogens is 516 g/mol. The van der Waals surface area contributed by atoms with E-state index in [0.29, 0.717) is 11.3 Å². The minimum absolute atomic E-state index is 0.0394. The Morgan fingerprint density at radius 2 is 1.95 bits per heavy atom. The number of β-lactam (4-membered cyclic amide) rings is 1. The van der Waals surface area contributed by atoms with E-state index in [-0.39, 0.29) is 27.9 Å². The van der Waals surface area contributed by atoms with Crippen molar-refractivity contribution >= 4 is 41.1 Å². The number of aliphatic carboxylic acids is 1. The maximum absolute atomic E-state index is 13.0. The molecule has 4 heterocycles. The summed E-state index contributed by atoms with van der Waals surface area (Å²) in [5.41, 5.74) is 0.717. The van der Waals surface area contributed by atoms with Gasteiger partial charge in [0.1, 0.15) is 17.1 Å². The van der Waals surface area contributed by atoms with Gasteiger partial charge in [-0.2, -0.15) is 4.98 Å². The van der Waals surface area contributed by atoms with Crippen LogP contribution in [-0.4, -0.2) is 59.6 Å². The van der Waals surface area contributed by atoms with Crippen LogP contribution in [0.3, 0.4) is 0 Å². The Balaban J connectivity index is 1.27. The summed E-state index contributed by atoms with van der Waals surface area (Å²) in [5, 5.41) is 15.4. The van der Waals surface area contributed by atoms with Crippen molar-refractivity contribution in [3.05, 3.63) is 92.4 Å². The lowest BCUT2D eigenvalue weighted by molar-refractivity contribution is -0.688. The quantitative estimate of drug-likeness (QED) is 0.163. The van der Waals surface area contributed by atoms with Crippen molar-refractivity contribution < 1.29 is 19.3 Å². The van der Waals surface area contributed by atoms with Crippen molar-refractivity contribution in [2.24, 2.45) is 7.05 Å². The van der Waals surface area contributed by atoms with Crippen molar-refractivity contribution in [1.82, 2.24) is 19.7 Å². The Bertz CT molecular complexity index is 1500. The summed E-state index contributed by atoms with van der Waals surface area (Å²) in [4.78, 5) is 53.2. The maximum Gasteiger partial charge on any atom is 0.352 e. The molecule has 13 heteroatoms. The lowest BCUT2D eigenvalue weighted by Crippen LogP contribution is -2.67. The van der Waals surface area contributed by atoms with Gasteiger partial charge >= 0.3 is 17.1 Å². The first kappa shape index (κ1) is 24.8. The van der Waals surface area contributed by atoms with Gasteiger partial charge in [0.25, 0.3) is 5.91 Å². The van der Waals surface area contributed by atoms with Gasteiger partial charge in [-0.25, -0.2) is 9.36 Å². The molecular formula is C24H23N6O5S2+.